The summed E-state index contributed by atoms with van der Waals surface area (Å²) in [6.45, 7) is -0.122. The van der Waals surface area contributed by atoms with Crippen LogP contribution in [0.2, 0.25) is 0 Å². The maximum absolute atomic E-state index is 12.3. The van der Waals surface area contributed by atoms with Crippen LogP contribution in [0.5, 0.6) is 5.75 Å². The maximum Gasteiger partial charge on any atom is 0.308 e. The maximum atomic E-state index is 12.3. The number of amides is 1. The first-order valence-corrected chi connectivity index (χ1v) is 9.59. The number of rotatable bonds is 8. The van der Waals surface area contributed by atoms with Crippen molar-refractivity contribution in [2.24, 2.45) is 0 Å². The lowest BCUT2D eigenvalue weighted by Gasteiger charge is -2.11. The quantitative estimate of drug-likeness (QED) is 0.417. The van der Waals surface area contributed by atoms with E-state index in [4.69, 9.17) is 13.9 Å². The van der Waals surface area contributed by atoms with E-state index in [-0.39, 0.29) is 6.42 Å². The second kappa shape index (κ2) is 9.12. The van der Waals surface area contributed by atoms with Gasteiger partial charge in [-0.1, -0.05) is 18.2 Å². The number of methoxy groups -OCH3 is 1. The average Bonchev–Trinajstić information content (AvgIpc) is 3.15. The van der Waals surface area contributed by atoms with E-state index in [0.717, 1.165) is 16.4 Å². The van der Waals surface area contributed by atoms with Gasteiger partial charge in [-0.15, -0.1) is 0 Å². The third-order valence-electron chi connectivity index (χ3n) is 4.52. The van der Waals surface area contributed by atoms with Crippen LogP contribution in [0, 0.1) is 0 Å². The van der Waals surface area contributed by atoms with Gasteiger partial charge in [-0.3, -0.25) is 9.59 Å². The highest BCUT2D eigenvalue weighted by atomic mass is 16.5. The van der Waals surface area contributed by atoms with Gasteiger partial charge in [0.15, 0.2) is 6.61 Å². The molecule has 4 aromatic rings. The molecule has 158 valence electrons. The Bertz CT molecular complexity index is 1220. The van der Waals surface area contributed by atoms with E-state index in [1.807, 2.05) is 24.3 Å². The number of hydrogen-bond donors (Lipinski definition) is 2. The molecular weight excluding hydrogens is 400 g/mol. The van der Waals surface area contributed by atoms with E-state index in [0.29, 0.717) is 29.5 Å². The zero-order chi connectivity index (χ0) is 21.6. The van der Waals surface area contributed by atoms with Gasteiger partial charge in [0.2, 0.25) is 5.95 Å². The van der Waals surface area contributed by atoms with Crippen LogP contribution >= 0.6 is 0 Å². The van der Waals surface area contributed by atoms with Crippen molar-refractivity contribution in [1.82, 2.24) is 9.97 Å². The summed E-state index contributed by atoms with van der Waals surface area (Å²) in [7, 11) is 1.52. The number of carbonyl (C=O) groups is 2. The Labute approximate surface area is 177 Å². The molecule has 9 nitrogen and oxygen atoms in total. The molecule has 0 radical (unpaired) electrons. The van der Waals surface area contributed by atoms with E-state index in [2.05, 4.69) is 20.6 Å². The summed E-state index contributed by atoms with van der Waals surface area (Å²) in [5.74, 6) is -0.105. The first-order chi connectivity index (χ1) is 15.1. The zero-order valence-corrected chi connectivity index (χ0v) is 16.8. The third kappa shape index (κ3) is 4.72. The molecule has 0 bridgehead atoms. The van der Waals surface area contributed by atoms with Crippen molar-refractivity contribution in [3.63, 3.8) is 0 Å². The third-order valence-corrected chi connectivity index (χ3v) is 4.52. The van der Waals surface area contributed by atoms with E-state index in [1.54, 1.807) is 30.6 Å². The lowest BCUT2D eigenvalue weighted by atomic mass is 10.1. The lowest BCUT2D eigenvalue weighted by molar-refractivity contribution is -0.147. The highest BCUT2D eigenvalue weighted by Crippen LogP contribution is 2.36. The van der Waals surface area contributed by atoms with E-state index in [1.165, 1.54) is 7.11 Å². The number of para-hydroxylation sites is 1. The van der Waals surface area contributed by atoms with E-state index < -0.39 is 18.5 Å². The molecule has 0 unspecified atom stereocenters. The van der Waals surface area contributed by atoms with Crippen LogP contribution in [0.1, 0.15) is 6.42 Å². The molecule has 0 saturated heterocycles. The molecule has 0 saturated carbocycles. The molecule has 4 rings (SSSR count). The predicted molar refractivity (Wildman–Crippen MR) is 115 cm³/mol. The Hall–Kier alpha value is -4.14. The minimum Gasteiger partial charge on any atom is -0.495 e. The molecule has 2 aromatic carbocycles. The number of aromatic nitrogens is 2. The first-order valence-electron chi connectivity index (χ1n) is 9.59. The van der Waals surface area contributed by atoms with E-state index >= 15 is 0 Å². The number of furan rings is 1. The SMILES string of the molecule is COc1cc2c(cc1NC(=O)COC(=O)CCNc1ncccn1)oc1ccccc12. The number of anilines is 2. The highest BCUT2D eigenvalue weighted by molar-refractivity contribution is 6.07. The Morgan fingerprint density at radius 2 is 1.84 bits per heavy atom. The predicted octanol–water partition coefficient (Wildman–Crippen LogP) is 3.37. The Morgan fingerprint density at radius 3 is 2.65 bits per heavy atom. The summed E-state index contributed by atoms with van der Waals surface area (Å²) in [5.41, 5.74) is 1.79. The number of hydrogen-bond acceptors (Lipinski definition) is 8. The molecule has 0 aliphatic rings. The molecule has 1 amide bonds. The molecule has 0 aliphatic heterocycles. The van der Waals surface area contributed by atoms with Crippen molar-refractivity contribution < 1.29 is 23.5 Å². The minimum atomic E-state index is -0.515. The Morgan fingerprint density at radius 1 is 1.03 bits per heavy atom. The molecular formula is C22H20N4O5. The lowest BCUT2D eigenvalue weighted by Crippen LogP contribution is -2.22. The van der Waals surface area contributed by atoms with Crippen molar-refractivity contribution in [3.8, 4) is 5.75 Å². The second-order valence-corrected chi connectivity index (χ2v) is 6.60. The van der Waals surface area contributed by atoms with Crippen molar-refractivity contribution in [2.75, 3.05) is 30.9 Å². The molecule has 0 spiro atoms. The van der Waals surface area contributed by atoms with Gasteiger partial charge in [-0.05, 0) is 18.2 Å². The van der Waals surface area contributed by atoms with Gasteiger partial charge >= 0.3 is 5.97 Å². The summed E-state index contributed by atoms with van der Waals surface area (Å²) in [5, 5.41) is 7.43. The topological polar surface area (TPSA) is 116 Å². The summed E-state index contributed by atoms with van der Waals surface area (Å²) < 4.78 is 16.3. The number of ether oxygens (including phenoxy) is 2. The highest BCUT2D eigenvalue weighted by Gasteiger charge is 2.15. The van der Waals surface area contributed by atoms with Crippen LogP contribution in [0.15, 0.2) is 59.3 Å². The van der Waals surface area contributed by atoms with Crippen molar-refractivity contribution in [1.29, 1.82) is 0 Å². The number of carbonyl (C=O) groups excluding carboxylic acids is 2. The van der Waals surface area contributed by atoms with Crippen LogP contribution in [-0.2, 0) is 14.3 Å². The molecule has 31 heavy (non-hydrogen) atoms. The van der Waals surface area contributed by atoms with Crippen LogP contribution < -0.4 is 15.4 Å². The average molecular weight is 420 g/mol. The van der Waals surface area contributed by atoms with Gasteiger partial charge in [0.05, 0.1) is 19.2 Å². The number of nitrogens with one attached hydrogen (secondary N) is 2. The number of benzene rings is 2. The summed E-state index contributed by atoms with van der Waals surface area (Å²) in [4.78, 5) is 32.1. The largest absolute Gasteiger partial charge is 0.495 e. The summed E-state index contributed by atoms with van der Waals surface area (Å²) in [6.07, 6.45) is 3.25. The summed E-state index contributed by atoms with van der Waals surface area (Å²) >= 11 is 0. The Balaban J connectivity index is 1.34. The van der Waals surface area contributed by atoms with Gasteiger partial charge in [-0.2, -0.15) is 0 Å². The van der Waals surface area contributed by atoms with Gasteiger partial charge in [0, 0.05) is 35.8 Å². The zero-order valence-electron chi connectivity index (χ0n) is 16.8. The van der Waals surface area contributed by atoms with Gasteiger partial charge in [0.1, 0.15) is 16.9 Å². The molecule has 2 aromatic heterocycles. The van der Waals surface area contributed by atoms with Crippen molar-refractivity contribution in [3.05, 3.63) is 54.9 Å². The molecule has 0 fully saturated rings. The molecule has 2 N–H and O–H groups in total. The van der Waals surface area contributed by atoms with Crippen molar-refractivity contribution >= 4 is 45.5 Å². The van der Waals surface area contributed by atoms with Gasteiger partial charge < -0.3 is 24.5 Å². The minimum absolute atomic E-state index is 0.0692. The smallest absolute Gasteiger partial charge is 0.308 e. The second-order valence-electron chi connectivity index (χ2n) is 6.60. The van der Waals surface area contributed by atoms with Crippen molar-refractivity contribution in [2.45, 2.75) is 6.42 Å². The first kappa shape index (κ1) is 20.1. The van der Waals surface area contributed by atoms with E-state index in [9.17, 15) is 9.59 Å². The van der Waals surface area contributed by atoms with Gasteiger partial charge in [-0.25, -0.2) is 9.97 Å². The molecule has 9 heteroatoms. The molecule has 2 heterocycles. The van der Waals surface area contributed by atoms with Crippen LogP contribution in [0.3, 0.4) is 0 Å². The van der Waals surface area contributed by atoms with Crippen LogP contribution in [0.4, 0.5) is 11.6 Å². The molecule has 0 aliphatic carbocycles. The van der Waals surface area contributed by atoms with Gasteiger partial charge in [0.25, 0.3) is 5.91 Å². The molecule has 0 atom stereocenters. The standard InChI is InChI=1S/C22H20N4O5/c1-29-19-11-15-14-5-2-3-6-17(14)31-18(15)12-16(19)26-20(27)13-30-21(28)7-10-25-22-23-8-4-9-24-22/h2-6,8-9,11-12H,7,10,13H2,1H3,(H,26,27)(H,23,24,25). The van der Waals surface area contributed by atoms with Crippen LogP contribution in [0.25, 0.3) is 21.9 Å². The fraction of sp³-hybridized carbons (Fsp3) is 0.182. The fourth-order valence-electron chi connectivity index (χ4n) is 3.09. The number of nitrogens with zero attached hydrogens (tertiary/aromatic N) is 2. The van der Waals surface area contributed by atoms with Crippen LogP contribution in [-0.4, -0.2) is 42.1 Å². The number of esters is 1. The Kier molecular flexibility index (Phi) is 5.93. The summed E-state index contributed by atoms with van der Waals surface area (Å²) in [6, 6.07) is 12.8. The normalized spacial score (nSPS) is 10.7. The monoisotopic (exact) mass is 420 g/mol. The number of fused-ring (bicyclic) bond motifs is 3. The fourth-order valence-corrected chi connectivity index (χ4v) is 3.09.